The maximum absolute atomic E-state index is 2.60. The van der Waals surface area contributed by atoms with Crippen LogP contribution in [0, 0.1) is 23.7 Å². The van der Waals surface area contributed by atoms with Gasteiger partial charge in [-0.25, -0.2) is 0 Å². The molecule has 0 N–H and O–H groups in total. The Kier molecular flexibility index (Phi) is 7.32. The summed E-state index contributed by atoms with van der Waals surface area (Å²) in [5, 5.41) is 2.60. The van der Waals surface area contributed by atoms with Gasteiger partial charge in [-0.1, -0.05) is 166 Å². The molecule has 0 atom stereocenters. The van der Waals surface area contributed by atoms with Gasteiger partial charge in [-0.2, -0.15) is 0 Å². The third-order valence-electron chi connectivity index (χ3n) is 16.0. The molecule has 14 rings (SSSR count). The second-order valence-corrected chi connectivity index (χ2v) is 19.2. The standard InChI is InChI=1S/C59H49N/c1-58(2)51-24-8-6-18-45(51)49-23-13-27-54(57(49)58)60(44-30-28-40(29-31-44)39-14-4-3-5-15-39)53-26-11-17-41-16-10-20-47(55(41)53)50-22-12-21-48-46-19-7-9-25-52(46)59(56(48)50)42-33-37-32-38(35-42)36-43(59)34-37/h3-31,37-38,42-43H,32-36H2,1-2H3. The van der Waals surface area contributed by atoms with E-state index in [1.54, 1.807) is 11.1 Å². The van der Waals surface area contributed by atoms with Crippen molar-refractivity contribution in [3.8, 4) is 44.5 Å². The zero-order valence-corrected chi connectivity index (χ0v) is 34.5. The van der Waals surface area contributed by atoms with E-state index in [1.165, 1.54) is 116 Å². The Bertz CT molecular complexity index is 2990. The average Bonchev–Trinajstić information content (AvgIpc) is 3.72. The van der Waals surface area contributed by atoms with Gasteiger partial charge in [-0.15, -0.1) is 0 Å². The van der Waals surface area contributed by atoms with Gasteiger partial charge in [0.2, 0.25) is 0 Å². The maximum Gasteiger partial charge on any atom is 0.0546 e. The van der Waals surface area contributed by atoms with Crippen LogP contribution in [0.25, 0.3) is 55.3 Å². The van der Waals surface area contributed by atoms with Crippen molar-refractivity contribution in [1.29, 1.82) is 0 Å². The van der Waals surface area contributed by atoms with Crippen LogP contribution < -0.4 is 4.90 Å². The Morgan fingerprint density at radius 3 is 1.62 bits per heavy atom. The molecule has 4 bridgehead atoms. The molecule has 60 heavy (non-hydrogen) atoms. The molecular formula is C59H49N. The highest BCUT2D eigenvalue weighted by Crippen LogP contribution is 2.70. The maximum atomic E-state index is 2.60. The van der Waals surface area contributed by atoms with Gasteiger partial charge in [0.1, 0.15) is 0 Å². The number of rotatable bonds is 5. The summed E-state index contributed by atoms with van der Waals surface area (Å²) in [5.74, 6) is 3.19. The van der Waals surface area contributed by atoms with Crippen molar-refractivity contribution in [2.75, 3.05) is 4.90 Å². The highest BCUT2D eigenvalue weighted by molar-refractivity contribution is 6.10. The van der Waals surface area contributed by atoms with Gasteiger partial charge >= 0.3 is 0 Å². The molecule has 8 aromatic rings. The number of hydrogen-bond acceptors (Lipinski definition) is 1. The topological polar surface area (TPSA) is 3.24 Å². The fourth-order valence-electron chi connectivity index (χ4n) is 14.0. The fraction of sp³-hybridized carbons (Fsp3) is 0.220. The minimum absolute atomic E-state index is 0.0655. The second-order valence-electron chi connectivity index (χ2n) is 19.2. The molecule has 4 saturated carbocycles. The van der Waals surface area contributed by atoms with Crippen LogP contribution >= 0.6 is 0 Å². The van der Waals surface area contributed by atoms with Crippen LogP contribution in [-0.2, 0) is 10.8 Å². The number of fused-ring (bicyclic) bond motifs is 7. The number of benzene rings is 8. The molecule has 290 valence electrons. The summed E-state index contributed by atoms with van der Waals surface area (Å²) < 4.78 is 0. The van der Waals surface area contributed by atoms with Crippen LogP contribution in [0.1, 0.15) is 68.2 Å². The summed E-state index contributed by atoms with van der Waals surface area (Å²) in [7, 11) is 0. The minimum atomic E-state index is -0.184. The molecular weight excluding hydrogens is 723 g/mol. The molecule has 0 heterocycles. The lowest BCUT2D eigenvalue weighted by molar-refractivity contribution is -0.0397. The molecule has 6 aliphatic rings. The lowest BCUT2D eigenvalue weighted by Gasteiger charge is -2.61. The summed E-state index contributed by atoms with van der Waals surface area (Å²) in [6, 6.07) is 67.1. The van der Waals surface area contributed by atoms with E-state index in [0.29, 0.717) is 11.8 Å². The van der Waals surface area contributed by atoms with E-state index in [0.717, 1.165) is 11.8 Å². The molecule has 4 fully saturated rings. The smallest absolute Gasteiger partial charge is 0.0546 e. The first-order chi connectivity index (χ1) is 29.5. The summed E-state index contributed by atoms with van der Waals surface area (Å²) in [5.41, 5.74) is 20.4. The monoisotopic (exact) mass is 771 g/mol. The van der Waals surface area contributed by atoms with Crippen molar-refractivity contribution in [3.05, 3.63) is 198 Å². The third-order valence-corrected chi connectivity index (χ3v) is 16.0. The largest absolute Gasteiger partial charge is 0.310 e. The Balaban J connectivity index is 1.08. The number of hydrogen-bond donors (Lipinski definition) is 0. The number of anilines is 3. The number of nitrogens with zero attached hydrogens (tertiary/aromatic N) is 1. The van der Waals surface area contributed by atoms with Crippen molar-refractivity contribution in [2.45, 2.75) is 56.8 Å². The summed E-state index contributed by atoms with van der Waals surface area (Å²) in [6.45, 7) is 4.84. The van der Waals surface area contributed by atoms with E-state index in [9.17, 15) is 0 Å². The zero-order chi connectivity index (χ0) is 39.7. The summed E-state index contributed by atoms with van der Waals surface area (Å²) in [6.07, 6.45) is 6.96. The first kappa shape index (κ1) is 34.7. The van der Waals surface area contributed by atoms with Gasteiger partial charge in [-0.05, 0) is 152 Å². The molecule has 1 nitrogen and oxygen atoms in total. The Morgan fingerprint density at radius 2 is 0.900 bits per heavy atom. The molecule has 0 radical (unpaired) electrons. The highest BCUT2D eigenvalue weighted by Gasteiger charge is 2.62. The fourth-order valence-corrected chi connectivity index (χ4v) is 14.0. The van der Waals surface area contributed by atoms with Gasteiger partial charge in [0.25, 0.3) is 0 Å². The van der Waals surface area contributed by atoms with Crippen molar-refractivity contribution >= 4 is 27.8 Å². The van der Waals surface area contributed by atoms with E-state index in [-0.39, 0.29) is 10.8 Å². The van der Waals surface area contributed by atoms with E-state index in [1.807, 2.05) is 0 Å². The quantitative estimate of drug-likeness (QED) is 0.168. The van der Waals surface area contributed by atoms with Crippen LogP contribution in [0.4, 0.5) is 17.1 Å². The molecule has 0 aliphatic heterocycles. The lowest BCUT2D eigenvalue weighted by atomic mass is 9.42. The van der Waals surface area contributed by atoms with E-state index in [2.05, 4.69) is 195 Å². The average molecular weight is 772 g/mol. The van der Waals surface area contributed by atoms with Gasteiger partial charge in [0, 0.05) is 21.9 Å². The van der Waals surface area contributed by atoms with E-state index in [4.69, 9.17) is 0 Å². The van der Waals surface area contributed by atoms with Gasteiger partial charge in [-0.3, -0.25) is 0 Å². The summed E-state index contributed by atoms with van der Waals surface area (Å²) >= 11 is 0. The Morgan fingerprint density at radius 1 is 0.400 bits per heavy atom. The molecule has 0 unspecified atom stereocenters. The van der Waals surface area contributed by atoms with Crippen LogP contribution in [0.3, 0.4) is 0 Å². The predicted octanol–water partition coefficient (Wildman–Crippen LogP) is 15.7. The minimum Gasteiger partial charge on any atom is -0.310 e. The van der Waals surface area contributed by atoms with Crippen LogP contribution in [0.5, 0.6) is 0 Å². The normalized spacial score (nSPS) is 23.4. The molecule has 1 heteroatoms. The van der Waals surface area contributed by atoms with E-state index >= 15 is 0 Å². The lowest BCUT2D eigenvalue weighted by Crippen LogP contribution is -2.55. The Hall–Kier alpha value is -6.18. The van der Waals surface area contributed by atoms with Gasteiger partial charge in [0.15, 0.2) is 0 Å². The third kappa shape index (κ3) is 4.64. The molecule has 6 aliphatic carbocycles. The molecule has 8 aromatic carbocycles. The Labute approximate surface area is 354 Å². The van der Waals surface area contributed by atoms with E-state index < -0.39 is 0 Å². The SMILES string of the molecule is CC1(C)c2ccccc2-c2cccc(N(c3ccc(-c4ccccc4)cc3)c3cccc4cccc(-c5cccc6c5C5(c7ccccc7-6)C6CC7CC(C6)CC5C7)c34)c21. The molecule has 1 spiro atoms. The first-order valence-electron chi connectivity index (χ1n) is 22.4. The van der Waals surface area contributed by atoms with Crippen LogP contribution in [-0.4, -0.2) is 0 Å². The molecule has 0 amide bonds. The van der Waals surface area contributed by atoms with Crippen molar-refractivity contribution < 1.29 is 0 Å². The summed E-state index contributed by atoms with van der Waals surface area (Å²) in [4.78, 5) is 2.60. The molecule has 0 aromatic heterocycles. The van der Waals surface area contributed by atoms with Crippen LogP contribution in [0.15, 0.2) is 176 Å². The zero-order valence-electron chi connectivity index (χ0n) is 34.5. The van der Waals surface area contributed by atoms with Crippen molar-refractivity contribution in [2.24, 2.45) is 23.7 Å². The second kappa shape index (κ2) is 12.7. The molecule has 0 saturated heterocycles. The van der Waals surface area contributed by atoms with Gasteiger partial charge < -0.3 is 4.90 Å². The highest BCUT2D eigenvalue weighted by atomic mass is 15.1. The predicted molar refractivity (Wildman–Crippen MR) is 250 cm³/mol. The van der Waals surface area contributed by atoms with Crippen LogP contribution in [0.2, 0.25) is 0 Å². The van der Waals surface area contributed by atoms with Crippen molar-refractivity contribution in [3.63, 3.8) is 0 Å². The first-order valence-corrected chi connectivity index (χ1v) is 22.4. The van der Waals surface area contributed by atoms with Crippen molar-refractivity contribution in [1.82, 2.24) is 0 Å². The van der Waals surface area contributed by atoms with Gasteiger partial charge in [0.05, 0.1) is 11.4 Å².